The molecule has 0 saturated carbocycles. The van der Waals surface area contributed by atoms with Gasteiger partial charge in [0.05, 0.1) is 12.7 Å². The summed E-state index contributed by atoms with van der Waals surface area (Å²) in [6.45, 7) is 3.33. The number of fused-ring (bicyclic) bond motifs is 1. The van der Waals surface area contributed by atoms with Crippen LogP contribution in [0.15, 0.2) is 24.3 Å². The zero-order valence-electron chi connectivity index (χ0n) is 11.2. The van der Waals surface area contributed by atoms with Crippen molar-refractivity contribution in [3.8, 4) is 12.1 Å². The Balaban J connectivity index is 2.76. The summed E-state index contributed by atoms with van der Waals surface area (Å²) in [7, 11) is 0. The molecular weight excluding hydrogens is 254 g/mol. The fourth-order valence-corrected chi connectivity index (χ4v) is 2.22. The number of para-hydroxylation sites is 1. The van der Waals surface area contributed by atoms with Gasteiger partial charge in [0.15, 0.2) is 5.41 Å². The SMILES string of the molecule is CCOC(=O)C(C)(C#N)c1c(C#N)[nH]c2ccccc12. The van der Waals surface area contributed by atoms with Crippen LogP contribution in [0.1, 0.15) is 25.1 Å². The van der Waals surface area contributed by atoms with Gasteiger partial charge in [-0.05, 0) is 19.9 Å². The minimum atomic E-state index is -1.51. The number of nitrogens with zero attached hydrogens (tertiary/aromatic N) is 2. The monoisotopic (exact) mass is 267 g/mol. The fourth-order valence-electron chi connectivity index (χ4n) is 2.22. The van der Waals surface area contributed by atoms with Gasteiger partial charge in [-0.25, -0.2) is 4.79 Å². The van der Waals surface area contributed by atoms with E-state index in [0.717, 1.165) is 0 Å². The number of hydrogen-bond acceptors (Lipinski definition) is 4. The van der Waals surface area contributed by atoms with Crippen LogP contribution in [0.5, 0.6) is 0 Å². The lowest BCUT2D eigenvalue weighted by Crippen LogP contribution is -2.33. The highest BCUT2D eigenvalue weighted by Crippen LogP contribution is 2.34. The van der Waals surface area contributed by atoms with Crippen LogP contribution in [0.25, 0.3) is 10.9 Å². The molecule has 1 unspecified atom stereocenters. The smallest absolute Gasteiger partial charge is 0.330 e. The number of hydrogen-bond donors (Lipinski definition) is 1. The molecule has 1 atom stereocenters. The summed E-state index contributed by atoms with van der Waals surface area (Å²) in [4.78, 5) is 15.1. The number of ether oxygens (including phenoxy) is 1. The Morgan fingerprint density at radius 1 is 1.40 bits per heavy atom. The molecule has 100 valence electrons. The molecule has 2 aromatic rings. The van der Waals surface area contributed by atoms with Crippen LogP contribution >= 0.6 is 0 Å². The summed E-state index contributed by atoms with van der Waals surface area (Å²) in [5.74, 6) is -0.649. The summed E-state index contributed by atoms with van der Waals surface area (Å²) in [6.07, 6.45) is 0. The molecule has 5 nitrogen and oxygen atoms in total. The quantitative estimate of drug-likeness (QED) is 0.864. The number of nitriles is 2. The fraction of sp³-hybridized carbons (Fsp3) is 0.267. The van der Waals surface area contributed by atoms with Crippen LogP contribution in [-0.2, 0) is 14.9 Å². The lowest BCUT2D eigenvalue weighted by Gasteiger charge is -2.19. The van der Waals surface area contributed by atoms with E-state index in [0.29, 0.717) is 16.5 Å². The maximum atomic E-state index is 12.1. The number of aromatic amines is 1. The molecule has 5 heteroatoms. The van der Waals surface area contributed by atoms with Crippen molar-refractivity contribution >= 4 is 16.9 Å². The first-order valence-corrected chi connectivity index (χ1v) is 6.18. The first-order valence-electron chi connectivity index (χ1n) is 6.18. The van der Waals surface area contributed by atoms with Crippen molar-refractivity contribution in [1.29, 1.82) is 10.5 Å². The molecule has 0 spiro atoms. The highest BCUT2D eigenvalue weighted by molar-refractivity contribution is 5.96. The van der Waals surface area contributed by atoms with Gasteiger partial charge >= 0.3 is 5.97 Å². The molecule has 20 heavy (non-hydrogen) atoms. The average Bonchev–Trinajstić information content (AvgIpc) is 2.85. The Kier molecular flexibility index (Phi) is 3.45. The topological polar surface area (TPSA) is 89.7 Å². The number of nitrogens with one attached hydrogen (secondary N) is 1. The third-order valence-corrected chi connectivity index (χ3v) is 3.23. The molecule has 0 bridgehead atoms. The Morgan fingerprint density at radius 3 is 2.70 bits per heavy atom. The summed E-state index contributed by atoms with van der Waals surface area (Å²) in [5, 5.41) is 19.4. The molecule has 0 saturated heterocycles. The average molecular weight is 267 g/mol. The number of carbonyl (C=O) groups is 1. The first kappa shape index (κ1) is 13.6. The third kappa shape index (κ3) is 1.90. The van der Waals surface area contributed by atoms with E-state index in [9.17, 15) is 15.3 Å². The third-order valence-electron chi connectivity index (χ3n) is 3.23. The standard InChI is InChI=1S/C15H13N3O2/c1-3-20-14(19)15(2,9-17)13-10-6-4-5-7-11(10)18-12(13)8-16/h4-7,18H,3H2,1-2H3. The second-order valence-electron chi connectivity index (χ2n) is 4.49. The predicted octanol–water partition coefficient (Wildman–Crippen LogP) is 2.38. The van der Waals surface area contributed by atoms with E-state index < -0.39 is 11.4 Å². The van der Waals surface area contributed by atoms with E-state index in [1.165, 1.54) is 6.92 Å². The minimum absolute atomic E-state index is 0.181. The number of carbonyl (C=O) groups excluding carboxylic acids is 1. The van der Waals surface area contributed by atoms with Crippen molar-refractivity contribution in [2.75, 3.05) is 6.61 Å². The number of rotatable bonds is 3. The zero-order valence-corrected chi connectivity index (χ0v) is 11.2. The first-order chi connectivity index (χ1) is 9.58. The van der Waals surface area contributed by atoms with Crippen LogP contribution in [-0.4, -0.2) is 17.6 Å². The van der Waals surface area contributed by atoms with Crippen LogP contribution in [0.4, 0.5) is 0 Å². The molecule has 1 heterocycles. The molecule has 0 aliphatic carbocycles. The Morgan fingerprint density at radius 2 is 2.10 bits per heavy atom. The molecule has 1 aromatic heterocycles. The Bertz CT molecular complexity index is 749. The van der Waals surface area contributed by atoms with Crippen molar-refractivity contribution in [3.63, 3.8) is 0 Å². The molecule has 1 aromatic carbocycles. The van der Waals surface area contributed by atoms with Crippen LogP contribution in [0.3, 0.4) is 0 Å². The second-order valence-corrected chi connectivity index (χ2v) is 4.49. The van der Waals surface area contributed by atoms with Crippen molar-refractivity contribution in [1.82, 2.24) is 4.98 Å². The zero-order chi connectivity index (χ0) is 14.8. The molecule has 0 radical (unpaired) electrons. The summed E-state index contributed by atoms with van der Waals surface area (Å²) in [6, 6.07) is 11.2. The van der Waals surface area contributed by atoms with Gasteiger partial charge in [0.25, 0.3) is 0 Å². The summed E-state index contributed by atoms with van der Waals surface area (Å²) in [5.41, 5.74) is -0.217. The highest BCUT2D eigenvalue weighted by Gasteiger charge is 2.41. The van der Waals surface area contributed by atoms with Gasteiger partial charge in [-0.15, -0.1) is 0 Å². The molecular formula is C15H13N3O2. The van der Waals surface area contributed by atoms with E-state index >= 15 is 0 Å². The van der Waals surface area contributed by atoms with Crippen molar-refractivity contribution in [2.24, 2.45) is 0 Å². The molecule has 0 fully saturated rings. The van der Waals surface area contributed by atoms with Gasteiger partial charge in [-0.2, -0.15) is 10.5 Å². The molecule has 0 amide bonds. The minimum Gasteiger partial charge on any atom is -0.465 e. The van der Waals surface area contributed by atoms with E-state index in [-0.39, 0.29) is 12.3 Å². The molecule has 0 aliphatic heterocycles. The van der Waals surface area contributed by atoms with E-state index in [2.05, 4.69) is 4.98 Å². The molecule has 2 rings (SSSR count). The van der Waals surface area contributed by atoms with Crippen LogP contribution in [0.2, 0.25) is 0 Å². The van der Waals surface area contributed by atoms with Crippen LogP contribution in [0, 0.1) is 22.7 Å². The van der Waals surface area contributed by atoms with E-state index in [1.807, 2.05) is 18.2 Å². The Labute approximate surface area is 116 Å². The van der Waals surface area contributed by atoms with Gasteiger partial charge in [0.2, 0.25) is 0 Å². The van der Waals surface area contributed by atoms with Gasteiger partial charge in [0.1, 0.15) is 11.8 Å². The van der Waals surface area contributed by atoms with Crippen LogP contribution < -0.4 is 0 Å². The predicted molar refractivity (Wildman–Crippen MR) is 72.6 cm³/mol. The van der Waals surface area contributed by atoms with Crippen molar-refractivity contribution < 1.29 is 9.53 Å². The van der Waals surface area contributed by atoms with Gasteiger partial charge in [-0.1, -0.05) is 18.2 Å². The second kappa shape index (κ2) is 5.07. The van der Waals surface area contributed by atoms with Gasteiger partial charge < -0.3 is 9.72 Å². The lowest BCUT2D eigenvalue weighted by atomic mass is 9.82. The summed E-state index contributed by atoms with van der Waals surface area (Å²) < 4.78 is 4.99. The maximum Gasteiger partial charge on any atom is 0.330 e. The molecule has 0 aliphatic rings. The maximum absolute atomic E-state index is 12.1. The normalized spacial score (nSPS) is 13.2. The summed E-state index contributed by atoms with van der Waals surface area (Å²) >= 11 is 0. The van der Waals surface area contributed by atoms with Gasteiger partial charge in [-0.3, -0.25) is 0 Å². The lowest BCUT2D eigenvalue weighted by molar-refractivity contribution is -0.147. The van der Waals surface area contributed by atoms with Gasteiger partial charge in [0, 0.05) is 16.5 Å². The van der Waals surface area contributed by atoms with Crippen molar-refractivity contribution in [2.45, 2.75) is 19.3 Å². The Hall–Kier alpha value is -2.79. The number of esters is 1. The highest BCUT2D eigenvalue weighted by atomic mass is 16.5. The number of H-pyrrole nitrogens is 1. The molecule has 1 N–H and O–H groups in total. The van der Waals surface area contributed by atoms with Crippen molar-refractivity contribution in [3.05, 3.63) is 35.5 Å². The largest absolute Gasteiger partial charge is 0.465 e. The number of aromatic nitrogens is 1. The number of benzene rings is 1. The van der Waals surface area contributed by atoms with E-state index in [4.69, 9.17) is 4.74 Å². The van der Waals surface area contributed by atoms with E-state index in [1.54, 1.807) is 25.1 Å².